The van der Waals surface area contributed by atoms with Crippen LogP contribution in [0.25, 0.3) is 0 Å². The summed E-state index contributed by atoms with van der Waals surface area (Å²) in [5, 5.41) is 0.589. The fraction of sp³-hybridized carbons (Fsp3) is 0.500. The number of alkyl halides is 1. The number of hydrogen-bond acceptors (Lipinski definition) is 2. The van der Waals surface area contributed by atoms with Crippen molar-refractivity contribution in [2.24, 2.45) is 0 Å². The highest BCUT2D eigenvalue weighted by atomic mass is 79.9. The lowest BCUT2D eigenvalue weighted by Gasteiger charge is -2.22. The van der Waals surface area contributed by atoms with Gasteiger partial charge in [-0.2, -0.15) is 0 Å². The molecule has 3 nitrogen and oxygen atoms in total. The minimum Gasteiger partial charge on any atom is -0.343 e. The summed E-state index contributed by atoms with van der Waals surface area (Å²) in [5.41, 5.74) is 0.562. The molecule has 0 unspecified atom stereocenters. The van der Waals surface area contributed by atoms with Crippen molar-refractivity contribution >= 4 is 39.2 Å². The van der Waals surface area contributed by atoms with Gasteiger partial charge in [0.05, 0.1) is 4.83 Å². The summed E-state index contributed by atoms with van der Waals surface area (Å²) in [5.74, 6) is -0.0733. The molecule has 0 radical (unpaired) electrons. The van der Waals surface area contributed by atoms with E-state index in [9.17, 15) is 9.59 Å². The van der Waals surface area contributed by atoms with E-state index < -0.39 is 4.83 Å². The minimum atomic E-state index is -0.498. The lowest BCUT2D eigenvalue weighted by molar-refractivity contribution is -0.131. The first kappa shape index (κ1) is 18.2. The number of carbonyl (C=O) groups is 2. The Hall–Kier alpha value is -0.870. The molecule has 0 bridgehead atoms. The highest BCUT2D eigenvalue weighted by Crippen LogP contribution is 2.17. The molecule has 1 atom stereocenters. The molecule has 1 rings (SSSR count). The summed E-state index contributed by atoms with van der Waals surface area (Å²) in [7, 11) is 0. The second kappa shape index (κ2) is 9.21. The molecule has 0 aliphatic rings. The molecule has 21 heavy (non-hydrogen) atoms. The topological polar surface area (TPSA) is 37.4 Å². The molecule has 0 saturated carbocycles. The summed E-state index contributed by atoms with van der Waals surface area (Å²) in [4.78, 5) is 25.8. The van der Waals surface area contributed by atoms with Crippen LogP contribution in [-0.4, -0.2) is 34.5 Å². The molecule has 0 spiro atoms. The first-order valence-electron chi connectivity index (χ1n) is 7.21. The number of Topliss-reactive ketones (excluding diaryl/α,β-unsaturated/α-hetero) is 1. The zero-order valence-corrected chi connectivity index (χ0v) is 14.8. The Bertz CT molecular complexity index is 470. The Morgan fingerprint density at radius 3 is 2.14 bits per heavy atom. The molecular formula is C16H21BrClNO2. The summed E-state index contributed by atoms with van der Waals surface area (Å²) in [6.07, 6.45) is 2.02. The average Bonchev–Trinajstić information content (AvgIpc) is 2.47. The Morgan fingerprint density at radius 2 is 1.67 bits per heavy atom. The highest BCUT2D eigenvalue weighted by molar-refractivity contribution is 9.10. The molecule has 1 amide bonds. The normalized spacial score (nSPS) is 12.0. The van der Waals surface area contributed by atoms with Crippen molar-refractivity contribution in [3.63, 3.8) is 0 Å². The van der Waals surface area contributed by atoms with Crippen LogP contribution >= 0.6 is 27.5 Å². The monoisotopic (exact) mass is 373 g/mol. The molecular weight excluding hydrogens is 354 g/mol. The average molecular weight is 375 g/mol. The quantitative estimate of drug-likeness (QED) is 0.502. The van der Waals surface area contributed by atoms with Gasteiger partial charge in [0.1, 0.15) is 0 Å². The zero-order valence-electron chi connectivity index (χ0n) is 12.4. The van der Waals surface area contributed by atoms with Crippen molar-refractivity contribution < 1.29 is 9.59 Å². The van der Waals surface area contributed by atoms with E-state index in [1.807, 2.05) is 18.7 Å². The van der Waals surface area contributed by atoms with Crippen LogP contribution in [0.5, 0.6) is 0 Å². The van der Waals surface area contributed by atoms with Gasteiger partial charge in [0.15, 0.2) is 5.78 Å². The fourth-order valence-corrected chi connectivity index (χ4v) is 2.74. The van der Waals surface area contributed by atoms with Gasteiger partial charge in [-0.05, 0) is 37.1 Å². The molecule has 1 aromatic rings. The minimum absolute atomic E-state index is 0.0166. The maximum absolute atomic E-state index is 12.3. The predicted octanol–water partition coefficient (Wildman–Crippen LogP) is 4.32. The Balaban J connectivity index is 2.66. The van der Waals surface area contributed by atoms with Crippen LogP contribution in [0.15, 0.2) is 24.3 Å². The molecule has 0 aliphatic carbocycles. The van der Waals surface area contributed by atoms with Gasteiger partial charge in [-0.1, -0.05) is 41.4 Å². The van der Waals surface area contributed by atoms with Gasteiger partial charge in [0.2, 0.25) is 5.91 Å². The second-order valence-corrected chi connectivity index (χ2v) is 6.47. The second-order valence-electron chi connectivity index (χ2n) is 4.92. The third-order valence-corrected chi connectivity index (χ3v) is 4.10. The highest BCUT2D eigenvalue weighted by Gasteiger charge is 2.22. The smallest absolute Gasteiger partial charge is 0.224 e. The Morgan fingerprint density at radius 1 is 1.14 bits per heavy atom. The van der Waals surface area contributed by atoms with Crippen LogP contribution in [0.2, 0.25) is 5.02 Å². The summed E-state index contributed by atoms with van der Waals surface area (Å²) >= 11 is 9.15. The van der Waals surface area contributed by atoms with Gasteiger partial charge < -0.3 is 4.90 Å². The Kier molecular flexibility index (Phi) is 7.97. The van der Waals surface area contributed by atoms with Crippen LogP contribution in [0.1, 0.15) is 43.5 Å². The first-order valence-corrected chi connectivity index (χ1v) is 8.50. The molecule has 0 aromatic heterocycles. The fourth-order valence-electron chi connectivity index (χ4n) is 2.07. The molecule has 0 fully saturated rings. The van der Waals surface area contributed by atoms with E-state index in [1.165, 1.54) is 0 Å². The van der Waals surface area contributed by atoms with Gasteiger partial charge in [-0.3, -0.25) is 9.59 Å². The van der Waals surface area contributed by atoms with Crippen LogP contribution in [0, 0.1) is 0 Å². The molecule has 0 heterocycles. The molecule has 116 valence electrons. The summed E-state index contributed by atoms with van der Waals surface area (Å²) in [6, 6.07) is 6.71. The van der Waals surface area contributed by atoms with Crippen molar-refractivity contribution in [2.45, 2.75) is 37.9 Å². The largest absolute Gasteiger partial charge is 0.343 e. The number of ketones is 1. The third-order valence-electron chi connectivity index (χ3n) is 3.11. The van der Waals surface area contributed by atoms with E-state index in [-0.39, 0.29) is 18.1 Å². The van der Waals surface area contributed by atoms with E-state index in [0.717, 1.165) is 25.9 Å². The van der Waals surface area contributed by atoms with Crippen LogP contribution < -0.4 is 0 Å². The lowest BCUT2D eigenvalue weighted by Crippen LogP contribution is -2.35. The van der Waals surface area contributed by atoms with E-state index in [0.29, 0.717) is 10.6 Å². The van der Waals surface area contributed by atoms with Crippen LogP contribution in [0.4, 0.5) is 0 Å². The van der Waals surface area contributed by atoms with Crippen molar-refractivity contribution in [2.75, 3.05) is 13.1 Å². The third kappa shape index (κ3) is 5.79. The van der Waals surface area contributed by atoms with Crippen LogP contribution in [0.3, 0.4) is 0 Å². The molecule has 0 N–H and O–H groups in total. The number of amides is 1. The summed E-state index contributed by atoms with van der Waals surface area (Å²) < 4.78 is 0. The van der Waals surface area contributed by atoms with Gasteiger partial charge in [0.25, 0.3) is 0 Å². The van der Waals surface area contributed by atoms with Gasteiger partial charge in [0, 0.05) is 30.1 Å². The van der Waals surface area contributed by atoms with Gasteiger partial charge in [-0.15, -0.1) is 0 Å². The maximum Gasteiger partial charge on any atom is 0.224 e. The summed E-state index contributed by atoms with van der Waals surface area (Å²) in [6.45, 7) is 5.56. The number of benzene rings is 1. The molecule has 0 saturated heterocycles. The van der Waals surface area contributed by atoms with E-state index in [2.05, 4.69) is 15.9 Å². The van der Waals surface area contributed by atoms with Crippen molar-refractivity contribution in [3.8, 4) is 0 Å². The maximum atomic E-state index is 12.3. The Labute approximate surface area is 139 Å². The van der Waals surface area contributed by atoms with Crippen molar-refractivity contribution in [1.82, 2.24) is 4.90 Å². The number of halogens is 2. The first-order chi connectivity index (χ1) is 9.99. The SMILES string of the molecule is CCCN(CCC)C(=O)C[C@@H](Br)C(=O)c1ccc(Cl)cc1. The molecule has 0 aliphatic heterocycles. The van der Waals surface area contributed by atoms with Gasteiger partial charge >= 0.3 is 0 Å². The number of carbonyl (C=O) groups excluding carboxylic acids is 2. The van der Waals surface area contributed by atoms with Crippen molar-refractivity contribution in [1.29, 1.82) is 0 Å². The molecule has 1 aromatic carbocycles. The van der Waals surface area contributed by atoms with Gasteiger partial charge in [-0.25, -0.2) is 0 Å². The van der Waals surface area contributed by atoms with Crippen LogP contribution in [-0.2, 0) is 4.79 Å². The van der Waals surface area contributed by atoms with E-state index in [1.54, 1.807) is 24.3 Å². The molecule has 5 heteroatoms. The number of hydrogen-bond donors (Lipinski definition) is 0. The zero-order chi connectivity index (χ0) is 15.8. The number of rotatable bonds is 8. The predicted molar refractivity (Wildman–Crippen MR) is 90.3 cm³/mol. The standard InChI is InChI=1S/C16H21BrClNO2/c1-3-9-19(10-4-2)15(20)11-14(17)16(21)12-5-7-13(18)8-6-12/h5-8,14H,3-4,9-11H2,1-2H3/t14-/m1/s1. The number of nitrogens with zero attached hydrogens (tertiary/aromatic N) is 1. The lowest BCUT2D eigenvalue weighted by atomic mass is 10.1. The van der Waals surface area contributed by atoms with Crippen molar-refractivity contribution in [3.05, 3.63) is 34.9 Å². The van der Waals surface area contributed by atoms with E-state index in [4.69, 9.17) is 11.6 Å². The van der Waals surface area contributed by atoms with E-state index >= 15 is 0 Å².